The highest BCUT2D eigenvalue weighted by Crippen LogP contribution is 2.26. The maximum absolute atomic E-state index is 6.07. The van der Waals surface area contributed by atoms with Crippen LogP contribution < -0.4 is 10.5 Å². The average Bonchev–Trinajstić information content (AvgIpc) is 2.77. The van der Waals surface area contributed by atoms with E-state index < -0.39 is 0 Å². The van der Waals surface area contributed by atoms with Crippen LogP contribution in [-0.4, -0.2) is 11.2 Å². The van der Waals surface area contributed by atoms with Crippen LogP contribution in [0, 0.1) is 13.8 Å². The fourth-order valence-corrected chi connectivity index (χ4v) is 2.54. The molecule has 0 saturated heterocycles. The lowest BCUT2D eigenvalue weighted by Crippen LogP contribution is -2.21. The van der Waals surface area contributed by atoms with Crippen LogP contribution >= 0.6 is 15.9 Å². The van der Waals surface area contributed by atoms with Gasteiger partial charge in [-0.25, -0.2) is 0 Å². The minimum Gasteiger partial charge on any atom is -0.488 e. The van der Waals surface area contributed by atoms with Crippen LogP contribution in [0.3, 0.4) is 0 Å². The average molecular weight is 353 g/mol. The molecule has 1 aromatic heterocycles. The predicted octanol–water partition coefficient (Wildman–Crippen LogP) is 3.91. The molecule has 0 aliphatic carbocycles. The van der Waals surface area contributed by atoms with E-state index in [0.717, 1.165) is 45.6 Å². The Hall–Kier alpha value is -1.33. The van der Waals surface area contributed by atoms with Gasteiger partial charge in [-0.05, 0) is 50.5 Å². The number of hydrogen-bond acceptors (Lipinski definition) is 4. The van der Waals surface area contributed by atoms with Gasteiger partial charge in [0.15, 0.2) is 0 Å². The third-order valence-electron chi connectivity index (χ3n) is 3.58. The number of aromatic nitrogens is 1. The van der Waals surface area contributed by atoms with Crippen molar-refractivity contribution in [3.63, 3.8) is 0 Å². The fraction of sp³-hybridized carbons (Fsp3) is 0.438. The Kier molecular flexibility index (Phi) is 5.42. The summed E-state index contributed by atoms with van der Waals surface area (Å²) in [6.07, 6.45) is 1.74. The van der Waals surface area contributed by atoms with Gasteiger partial charge in [0, 0.05) is 10.5 Å². The summed E-state index contributed by atoms with van der Waals surface area (Å²) >= 11 is 3.50. The van der Waals surface area contributed by atoms with Crippen molar-refractivity contribution in [1.29, 1.82) is 0 Å². The van der Waals surface area contributed by atoms with E-state index >= 15 is 0 Å². The first-order valence-corrected chi connectivity index (χ1v) is 7.89. The Morgan fingerprint density at radius 2 is 2.14 bits per heavy atom. The van der Waals surface area contributed by atoms with Crippen LogP contribution in [0.4, 0.5) is 0 Å². The quantitative estimate of drug-likeness (QED) is 0.855. The molecule has 2 aromatic rings. The molecular weight excluding hydrogens is 332 g/mol. The Bertz CT molecular complexity index is 591. The van der Waals surface area contributed by atoms with Crippen molar-refractivity contribution < 1.29 is 9.26 Å². The molecule has 0 spiro atoms. The molecule has 2 N–H and O–H groups in total. The van der Waals surface area contributed by atoms with E-state index in [-0.39, 0.29) is 6.04 Å². The number of rotatable bonds is 6. The van der Waals surface area contributed by atoms with E-state index in [1.54, 1.807) is 0 Å². The van der Waals surface area contributed by atoms with Crippen molar-refractivity contribution in [2.45, 2.75) is 46.3 Å². The summed E-state index contributed by atoms with van der Waals surface area (Å²) in [6, 6.07) is 6.16. The van der Waals surface area contributed by atoms with Gasteiger partial charge in [-0.2, -0.15) is 0 Å². The van der Waals surface area contributed by atoms with Gasteiger partial charge in [-0.3, -0.25) is 0 Å². The van der Waals surface area contributed by atoms with Crippen molar-refractivity contribution in [3.05, 3.63) is 45.3 Å². The van der Waals surface area contributed by atoms with Crippen LogP contribution in [0.15, 0.2) is 27.2 Å². The molecule has 1 atom stereocenters. The van der Waals surface area contributed by atoms with E-state index in [4.69, 9.17) is 15.0 Å². The molecule has 5 heteroatoms. The Morgan fingerprint density at radius 1 is 1.38 bits per heavy atom. The van der Waals surface area contributed by atoms with Gasteiger partial charge >= 0.3 is 0 Å². The zero-order valence-electron chi connectivity index (χ0n) is 12.6. The molecule has 0 radical (unpaired) electrons. The second-order valence-electron chi connectivity index (χ2n) is 5.22. The summed E-state index contributed by atoms with van der Waals surface area (Å²) in [4.78, 5) is 0. The molecule has 0 amide bonds. The smallest absolute Gasteiger partial charge is 0.140 e. The van der Waals surface area contributed by atoms with Crippen LogP contribution in [-0.2, 0) is 13.0 Å². The minimum absolute atomic E-state index is 0.140. The molecule has 0 fully saturated rings. The van der Waals surface area contributed by atoms with Crippen molar-refractivity contribution in [1.82, 2.24) is 5.16 Å². The predicted molar refractivity (Wildman–Crippen MR) is 86.4 cm³/mol. The molecule has 21 heavy (non-hydrogen) atoms. The molecule has 1 heterocycles. The Morgan fingerprint density at radius 3 is 2.76 bits per heavy atom. The van der Waals surface area contributed by atoms with E-state index in [0.29, 0.717) is 6.61 Å². The normalized spacial score (nSPS) is 12.4. The summed E-state index contributed by atoms with van der Waals surface area (Å²) < 4.78 is 12.2. The molecule has 1 aromatic carbocycles. The number of hydrogen-bond donors (Lipinski definition) is 1. The summed E-state index contributed by atoms with van der Waals surface area (Å²) in [5, 5.41) is 3.94. The van der Waals surface area contributed by atoms with Crippen LogP contribution in [0.5, 0.6) is 5.75 Å². The lowest BCUT2D eigenvalue weighted by molar-refractivity contribution is 0.298. The number of aryl methyl sites for hydroxylation is 2. The third-order valence-corrected chi connectivity index (χ3v) is 4.08. The molecule has 1 unspecified atom stereocenters. The van der Waals surface area contributed by atoms with Crippen molar-refractivity contribution in [2.75, 3.05) is 0 Å². The van der Waals surface area contributed by atoms with Gasteiger partial charge in [0.2, 0.25) is 0 Å². The summed E-state index contributed by atoms with van der Waals surface area (Å²) in [6.45, 7) is 6.36. The highest BCUT2D eigenvalue weighted by atomic mass is 79.9. The number of halogens is 1. The van der Waals surface area contributed by atoms with Gasteiger partial charge in [0.05, 0.1) is 11.3 Å². The summed E-state index contributed by atoms with van der Waals surface area (Å²) in [7, 11) is 0. The van der Waals surface area contributed by atoms with Gasteiger partial charge in [0.1, 0.15) is 18.1 Å². The lowest BCUT2D eigenvalue weighted by atomic mass is 10.0. The fourth-order valence-electron chi connectivity index (χ4n) is 2.13. The standard InChI is InChI=1S/C16H21BrN2O2/c1-4-14(18)8-12-7-13(17)5-6-16(12)20-9-15-10(2)19-21-11(15)3/h5-7,14H,4,8-9,18H2,1-3H3. The lowest BCUT2D eigenvalue weighted by Gasteiger charge is -2.15. The molecular formula is C16H21BrN2O2. The minimum atomic E-state index is 0.140. The van der Waals surface area contributed by atoms with Crippen molar-refractivity contribution in [3.8, 4) is 5.75 Å². The van der Waals surface area contributed by atoms with Crippen molar-refractivity contribution >= 4 is 15.9 Å². The second kappa shape index (κ2) is 7.09. The second-order valence-corrected chi connectivity index (χ2v) is 6.13. The number of benzene rings is 1. The van der Waals surface area contributed by atoms with E-state index in [1.807, 2.05) is 26.0 Å². The van der Waals surface area contributed by atoms with Crippen LogP contribution in [0.1, 0.15) is 35.9 Å². The molecule has 0 aliphatic heterocycles. The molecule has 2 rings (SSSR count). The van der Waals surface area contributed by atoms with Crippen LogP contribution in [0.25, 0.3) is 0 Å². The highest BCUT2D eigenvalue weighted by molar-refractivity contribution is 9.10. The molecule has 0 saturated carbocycles. The largest absolute Gasteiger partial charge is 0.488 e. The maximum Gasteiger partial charge on any atom is 0.140 e. The first-order valence-electron chi connectivity index (χ1n) is 7.09. The van der Waals surface area contributed by atoms with Crippen LogP contribution in [0.2, 0.25) is 0 Å². The Labute approximate surface area is 133 Å². The van der Waals surface area contributed by atoms with Gasteiger partial charge in [-0.15, -0.1) is 0 Å². The third kappa shape index (κ3) is 4.08. The number of ether oxygens (including phenoxy) is 1. The van der Waals surface area contributed by atoms with Crippen molar-refractivity contribution in [2.24, 2.45) is 5.73 Å². The van der Waals surface area contributed by atoms with E-state index in [2.05, 4.69) is 34.1 Å². The summed E-state index contributed by atoms with van der Waals surface area (Å²) in [5.74, 6) is 1.67. The first-order chi connectivity index (χ1) is 10.0. The molecule has 114 valence electrons. The molecule has 4 nitrogen and oxygen atoms in total. The maximum atomic E-state index is 6.07. The monoisotopic (exact) mass is 352 g/mol. The van der Waals surface area contributed by atoms with E-state index in [9.17, 15) is 0 Å². The van der Waals surface area contributed by atoms with Gasteiger partial charge in [-0.1, -0.05) is 28.0 Å². The topological polar surface area (TPSA) is 61.3 Å². The molecule has 0 aliphatic rings. The summed E-state index contributed by atoms with van der Waals surface area (Å²) in [5.41, 5.74) is 9.06. The zero-order chi connectivity index (χ0) is 15.4. The number of nitrogens with zero attached hydrogens (tertiary/aromatic N) is 1. The first kappa shape index (κ1) is 16.0. The molecule has 0 bridgehead atoms. The van der Waals surface area contributed by atoms with Gasteiger partial charge < -0.3 is 15.0 Å². The van der Waals surface area contributed by atoms with E-state index in [1.165, 1.54) is 0 Å². The zero-order valence-corrected chi connectivity index (χ0v) is 14.2. The highest BCUT2D eigenvalue weighted by Gasteiger charge is 2.12. The van der Waals surface area contributed by atoms with Gasteiger partial charge in [0.25, 0.3) is 0 Å². The number of nitrogens with two attached hydrogens (primary N) is 1. The Balaban J connectivity index is 2.15. The SMILES string of the molecule is CCC(N)Cc1cc(Br)ccc1OCc1c(C)noc1C.